The Morgan fingerprint density at radius 3 is 2.67 bits per heavy atom. The first-order valence-corrected chi connectivity index (χ1v) is 7.29. The lowest BCUT2D eigenvalue weighted by Crippen LogP contribution is -2.32. The minimum absolute atomic E-state index is 0.138. The molecule has 0 fully saturated rings. The van der Waals surface area contributed by atoms with E-state index in [2.05, 4.69) is 15.0 Å². The molecule has 0 aliphatic rings. The molecule has 1 N–H and O–H groups in total. The summed E-state index contributed by atoms with van der Waals surface area (Å²) in [6.07, 6.45) is 0.394. The Bertz CT molecular complexity index is 527. The van der Waals surface area contributed by atoms with Gasteiger partial charge in [0.05, 0.1) is 7.11 Å². The molecule has 1 aromatic heterocycles. The van der Waals surface area contributed by atoms with Crippen molar-refractivity contribution >= 4 is 34.3 Å². The summed E-state index contributed by atoms with van der Waals surface area (Å²) >= 11 is 1.17. The monoisotopic (exact) mass is 313 g/mol. The summed E-state index contributed by atoms with van der Waals surface area (Å²) < 4.78 is 4.49. The van der Waals surface area contributed by atoms with E-state index in [9.17, 15) is 14.4 Å². The van der Waals surface area contributed by atoms with E-state index < -0.39 is 11.9 Å². The van der Waals surface area contributed by atoms with Gasteiger partial charge in [0.2, 0.25) is 5.91 Å². The van der Waals surface area contributed by atoms with Gasteiger partial charge in [-0.2, -0.15) is 0 Å². The number of anilines is 1. The number of nitrogens with zero attached hydrogens (tertiary/aromatic N) is 2. The van der Waals surface area contributed by atoms with Crippen LogP contribution >= 0.6 is 11.3 Å². The van der Waals surface area contributed by atoms with E-state index in [0.29, 0.717) is 11.6 Å². The Morgan fingerprint density at radius 2 is 2.10 bits per heavy atom. The summed E-state index contributed by atoms with van der Waals surface area (Å²) in [4.78, 5) is 40.0. The van der Waals surface area contributed by atoms with E-state index in [-0.39, 0.29) is 24.1 Å². The lowest BCUT2D eigenvalue weighted by molar-refractivity contribution is -0.141. The first-order valence-electron chi connectivity index (χ1n) is 6.41. The van der Waals surface area contributed by atoms with Crippen molar-refractivity contribution < 1.29 is 19.1 Å². The summed E-state index contributed by atoms with van der Waals surface area (Å²) in [6, 6.07) is 0. The molecule has 0 aliphatic heterocycles. The third-order valence-electron chi connectivity index (χ3n) is 2.50. The lowest BCUT2D eigenvalue weighted by atomic mass is 10.1. The standard InChI is InChI=1S/C13H19N3O4S/c1-8(2)5-10(17)15-13-14-9(7-21-13)12(19)16(3)6-11(18)20-4/h7-8H,5-6H2,1-4H3,(H,14,15,17). The smallest absolute Gasteiger partial charge is 0.325 e. The number of amides is 2. The van der Waals surface area contributed by atoms with Gasteiger partial charge in [-0.15, -0.1) is 11.3 Å². The molecule has 1 aromatic rings. The highest BCUT2D eigenvalue weighted by Gasteiger charge is 2.18. The van der Waals surface area contributed by atoms with Crippen LogP contribution in [-0.4, -0.2) is 48.4 Å². The Labute approximate surface area is 127 Å². The number of aromatic nitrogens is 1. The van der Waals surface area contributed by atoms with Gasteiger partial charge in [-0.25, -0.2) is 4.98 Å². The zero-order valence-corrected chi connectivity index (χ0v) is 13.3. The van der Waals surface area contributed by atoms with Gasteiger partial charge >= 0.3 is 5.97 Å². The first-order chi connectivity index (χ1) is 9.83. The average molecular weight is 313 g/mol. The van der Waals surface area contributed by atoms with Crippen LogP contribution in [0.1, 0.15) is 30.8 Å². The summed E-state index contributed by atoms with van der Waals surface area (Å²) in [5.74, 6) is -0.800. The zero-order chi connectivity index (χ0) is 16.0. The van der Waals surface area contributed by atoms with Crippen LogP contribution in [0.2, 0.25) is 0 Å². The maximum Gasteiger partial charge on any atom is 0.325 e. The van der Waals surface area contributed by atoms with Crippen LogP contribution in [0.3, 0.4) is 0 Å². The van der Waals surface area contributed by atoms with Gasteiger partial charge in [0.15, 0.2) is 5.13 Å². The lowest BCUT2D eigenvalue weighted by Gasteiger charge is -2.13. The van der Waals surface area contributed by atoms with Crippen molar-refractivity contribution in [3.05, 3.63) is 11.1 Å². The van der Waals surface area contributed by atoms with Gasteiger partial charge in [0.25, 0.3) is 5.91 Å². The van der Waals surface area contributed by atoms with Crippen molar-refractivity contribution in [2.24, 2.45) is 5.92 Å². The molecule has 0 atom stereocenters. The van der Waals surface area contributed by atoms with E-state index in [1.807, 2.05) is 13.8 Å². The SMILES string of the molecule is COC(=O)CN(C)C(=O)c1csc(NC(=O)CC(C)C)n1. The fourth-order valence-electron chi connectivity index (χ4n) is 1.50. The van der Waals surface area contributed by atoms with Crippen molar-refractivity contribution in [2.75, 3.05) is 26.0 Å². The summed E-state index contributed by atoms with van der Waals surface area (Å²) in [7, 11) is 2.74. The fourth-order valence-corrected chi connectivity index (χ4v) is 2.20. The molecule has 0 aromatic carbocycles. The molecule has 0 saturated heterocycles. The van der Waals surface area contributed by atoms with Crippen molar-refractivity contribution in [3.63, 3.8) is 0 Å². The number of likely N-dealkylation sites (N-methyl/N-ethyl adjacent to an activating group) is 1. The number of methoxy groups -OCH3 is 1. The highest BCUT2D eigenvalue weighted by Crippen LogP contribution is 2.17. The minimum Gasteiger partial charge on any atom is -0.468 e. The summed E-state index contributed by atoms with van der Waals surface area (Å²) in [5.41, 5.74) is 0.186. The Kier molecular flexibility index (Phi) is 6.29. The third kappa shape index (κ3) is 5.50. The molecule has 21 heavy (non-hydrogen) atoms. The van der Waals surface area contributed by atoms with Crippen molar-refractivity contribution in [1.82, 2.24) is 9.88 Å². The van der Waals surface area contributed by atoms with Crippen LogP contribution in [0.15, 0.2) is 5.38 Å². The van der Waals surface area contributed by atoms with Gasteiger partial charge < -0.3 is 15.0 Å². The fraction of sp³-hybridized carbons (Fsp3) is 0.538. The quantitative estimate of drug-likeness (QED) is 0.801. The largest absolute Gasteiger partial charge is 0.468 e. The molecule has 116 valence electrons. The van der Waals surface area contributed by atoms with Gasteiger partial charge in [0, 0.05) is 18.8 Å². The van der Waals surface area contributed by atoms with Gasteiger partial charge in [0.1, 0.15) is 12.2 Å². The number of esters is 1. The van der Waals surface area contributed by atoms with Crippen LogP contribution < -0.4 is 5.32 Å². The molecule has 1 rings (SSSR count). The predicted molar refractivity (Wildman–Crippen MR) is 79.2 cm³/mol. The van der Waals surface area contributed by atoms with Crippen molar-refractivity contribution in [3.8, 4) is 0 Å². The van der Waals surface area contributed by atoms with E-state index in [1.165, 1.54) is 30.4 Å². The van der Waals surface area contributed by atoms with Crippen LogP contribution in [0.4, 0.5) is 5.13 Å². The normalized spacial score (nSPS) is 10.3. The molecule has 0 unspecified atom stereocenters. The highest BCUT2D eigenvalue weighted by atomic mass is 32.1. The number of hydrogen-bond acceptors (Lipinski definition) is 6. The van der Waals surface area contributed by atoms with Gasteiger partial charge in [-0.05, 0) is 5.92 Å². The summed E-state index contributed by atoms with van der Waals surface area (Å²) in [5, 5.41) is 4.56. The number of nitrogens with one attached hydrogen (secondary N) is 1. The molecule has 0 bridgehead atoms. The van der Waals surface area contributed by atoms with Crippen LogP contribution in [0.5, 0.6) is 0 Å². The molecule has 8 heteroatoms. The molecule has 0 spiro atoms. The van der Waals surface area contributed by atoms with Crippen LogP contribution in [0, 0.1) is 5.92 Å². The molecule has 0 radical (unpaired) electrons. The number of carbonyl (C=O) groups excluding carboxylic acids is 3. The predicted octanol–water partition coefficient (Wildman–Crippen LogP) is 1.37. The van der Waals surface area contributed by atoms with Crippen LogP contribution in [0.25, 0.3) is 0 Å². The van der Waals surface area contributed by atoms with Crippen molar-refractivity contribution in [2.45, 2.75) is 20.3 Å². The van der Waals surface area contributed by atoms with E-state index in [4.69, 9.17) is 0 Å². The first kappa shape index (κ1) is 17.1. The Morgan fingerprint density at radius 1 is 1.43 bits per heavy atom. The van der Waals surface area contributed by atoms with E-state index in [0.717, 1.165) is 0 Å². The average Bonchev–Trinajstić information content (AvgIpc) is 2.84. The van der Waals surface area contributed by atoms with Gasteiger partial charge in [-0.1, -0.05) is 13.8 Å². The second-order valence-corrected chi connectivity index (χ2v) is 5.78. The number of thiazole rings is 1. The maximum absolute atomic E-state index is 12.0. The number of rotatable bonds is 6. The number of hydrogen-bond donors (Lipinski definition) is 1. The Balaban J connectivity index is 2.63. The molecule has 0 aliphatic carbocycles. The molecular formula is C13H19N3O4S. The number of carbonyl (C=O) groups is 3. The molecule has 0 saturated carbocycles. The second kappa shape index (κ2) is 7.72. The third-order valence-corrected chi connectivity index (χ3v) is 3.26. The van der Waals surface area contributed by atoms with Crippen LogP contribution in [-0.2, 0) is 14.3 Å². The Hall–Kier alpha value is -1.96. The van der Waals surface area contributed by atoms with E-state index >= 15 is 0 Å². The zero-order valence-electron chi connectivity index (χ0n) is 12.5. The van der Waals surface area contributed by atoms with E-state index in [1.54, 1.807) is 5.38 Å². The topological polar surface area (TPSA) is 88.6 Å². The molecule has 1 heterocycles. The van der Waals surface area contributed by atoms with Crippen molar-refractivity contribution in [1.29, 1.82) is 0 Å². The van der Waals surface area contributed by atoms with Gasteiger partial charge in [-0.3, -0.25) is 14.4 Å². The molecule has 2 amide bonds. The maximum atomic E-state index is 12.0. The highest BCUT2D eigenvalue weighted by molar-refractivity contribution is 7.14. The minimum atomic E-state index is -0.508. The summed E-state index contributed by atoms with van der Waals surface area (Å²) in [6.45, 7) is 3.73. The molecular weight excluding hydrogens is 294 g/mol. The molecule has 7 nitrogen and oxygen atoms in total. The second-order valence-electron chi connectivity index (χ2n) is 4.92. The number of ether oxygens (including phenoxy) is 1.